The summed E-state index contributed by atoms with van der Waals surface area (Å²) in [6, 6.07) is 8.56. The number of hydrogen-bond acceptors (Lipinski definition) is 4. The minimum atomic E-state index is -0.486. The summed E-state index contributed by atoms with van der Waals surface area (Å²) in [6.07, 6.45) is 1.85. The Balaban J connectivity index is 1.83. The van der Waals surface area contributed by atoms with Gasteiger partial charge < -0.3 is 9.47 Å². The van der Waals surface area contributed by atoms with Crippen molar-refractivity contribution in [3.63, 3.8) is 0 Å². The van der Waals surface area contributed by atoms with Gasteiger partial charge >= 0.3 is 0 Å². The second-order valence-electron chi connectivity index (χ2n) is 4.90. The fourth-order valence-electron chi connectivity index (χ4n) is 2.20. The number of carbonyl (C=O) groups is 2. The Morgan fingerprint density at radius 1 is 1.27 bits per heavy atom. The average molecular weight is 333 g/mol. The third-order valence-corrected chi connectivity index (χ3v) is 5.27. The van der Waals surface area contributed by atoms with Crippen molar-refractivity contribution >= 4 is 34.9 Å². The zero-order chi connectivity index (χ0) is 15.5. The van der Waals surface area contributed by atoms with Crippen molar-refractivity contribution < 1.29 is 9.59 Å². The Kier molecular flexibility index (Phi) is 4.44. The molecule has 0 saturated carbocycles. The van der Waals surface area contributed by atoms with Gasteiger partial charge in [-0.2, -0.15) is 4.99 Å². The molecule has 2 heterocycles. The van der Waals surface area contributed by atoms with Crippen molar-refractivity contribution in [3.05, 3.63) is 52.3 Å². The summed E-state index contributed by atoms with van der Waals surface area (Å²) in [6.45, 7) is 0. The van der Waals surface area contributed by atoms with E-state index in [1.54, 1.807) is 33.4 Å². The fraction of sp³-hybridized carbons (Fsp3) is 0.267. The Hall–Kier alpha value is -1.86. The predicted molar refractivity (Wildman–Crippen MR) is 87.6 cm³/mol. The van der Waals surface area contributed by atoms with E-state index in [9.17, 15) is 9.59 Å². The molecule has 1 saturated heterocycles. The lowest BCUT2D eigenvalue weighted by Gasteiger charge is -2.21. The van der Waals surface area contributed by atoms with E-state index in [-0.39, 0.29) is 11.8 Å². The average Bonchev–Trinajstić information content (AvgIpc) is 3.17. The Bertz CT molecular complexity index is 751. The van der Waals surface area contributed by atoms with Crippen LogP contribution in [0.2, 0.25) is 0 Å². The molecular formula is C15H15N3O2S2. The summed E-state index contributed by atoms with van der Waals surface area (Å²) in [4.78, 5) is 31.4. The predicted octanol–water partition coefficient (Wildman–Crippen LogP) is 1.73. The molecule has 1 aliphatic heterocycles. The van der Waals surface area contributed by atoms with Gasteiger partial charge in [0.15, 0.2) is 4.80 Å². The van der Waals surface area contributed by atoms with Crippen LogP contribution in [0.4, 0.5) is 0 Å². The van der Waals surface area contributed by atoms with Gasteiger partial charge in [0, 0.05) is 29.9 Å². The lowest BCUT2D eigenvalue weighted by Crippen LogP contribution is -2.41. The lowest BCUT2D eigenvalue weighted by molar-refractivity contribution is -0.121. The van der Waals surface area contributed by atoms with E-state index in [0.717, 1.165) is 0 Å². The molecule has 0 N–H and O–H groups in total. The van der Waals surface area contributed by atoms with Crippen LogP contribution in [-0.2, 0) is 11.8 Å². The van der Waals surface area contributed by atoms with Crippen LogP contribution in [0.5, 0.6) is 0 Å². The first-order valence-electron chi connectivity index (χ1n) is 6.79. The topological polar surface area (TPSA) is 54.7 Å². The standard InChI is InChI=1S/C15H15N3O2S2/c1-17-7-8-22-15(17)16-13(19)12-9-21-10-18(12)14(20)11-5-3-2-4-6-11/h2-8,12H,9-10H2,1H3. The molecule has 2 aromatic rings. The van der Waals surface area contributed by atoms with Gasteiger partial charge in [0.25, 0.3) is 11.8 Å². The van der Waals surface area contributed by atoms with Crippen LogP contribution in [0, 0.1) is 0 Å². The van der Waals surface area contributed by atoms with Gasteiger partial charge in [-0.3, -0.25) is 9.59 Å². The van der Waals surface area contributed by atoms with Crippen molar-refractivity contribution in [2.75, 3.05) is 11.6 Å². The molecule has 2 amide bonds. The van der Waals surface area contributed by atoms with Crippen LogP contribution in [0.1, 0.15) is 10.4 Å². The molecule has 7 heteroatoms. The second kappa shape index (κ2) is 6.50. The van der Waals surface area contributed by atoms with Crippen LogP contribution in [-0.4, -0.2) is 39.0 Å². The van der Waals surface area contributed by atoms with Crippen LogP contribution < -0.4 is 4.80 Å². The Morgan fingerprint density at radius 3 is 2.73 bits per heavy atom. The second-order valence-corrected chi connectivity index (χ2v) is 6.78. The number of aromatic nitrogens is 1. The lowest BCUT2D eigenvalue weighted by atomic mass is 10.2. The number of hydrogen-bond donors (Lipinski definition) is 0. The highest BCUT2D eigenvalue weighted by atomic mass is 32.2. The molecule has 5 nitrogen and oxygen atoms in total. The van der Waals surface area contributed by atoms with E-state index in [1.807, 2.05) is 36.8 Å². The van der Waals surface area contributed by atoms with E-state index in [2.05, 4.69) is 4.99 Å². The van der Waals surface area contributed by atoms with Gasteiger partial charge in [-0.25, -0.2) is 0 Å². The van der Waals surface area contributed by atoms with Crippen molar-refractivity contribution in [1.82, 2.24) is 9.47 Å². The number of rotatable bonds is 2. The SMILES string of the molecule is Cn1ccsc1=NC(=O)C1CSCN1C(=O)c1ccccc1. The van der Waals surface area contributed by atoms with Gasteiger partial charge in [0.2, 0.25) is 0 Å². The maximum absolute atomic E-state index is 12.5. The molecule has 0 spiro atoms. The summed E-state index contributed by atoms with van der Waals surface area (Å²) in [5, 5.41) is 1.88. The number of nitrogens with zero attached hydrogens (tertiary/aromatic N) is 3. The molecular weight excluding hydrogens is 318 g/mol. The van der Waals surface area contributed by atoms with Crippen LogP contribution in [0.15, 0.2) is 46.9 Å². The van der Waals surface area contributed by atoms with Gasteiger partial charge in [-0.1, -0.05) is 18.2 Å². The smallest absolute Gasteiger partial charge is 0.272 e. The number of thioether (sulfide) groups is 1. The molecule has 0 radical (unpaired) electrons. The highest BCUT2D eigenvalue weighted by Crippen LogP contribution is 2.24. The first-order valence-corrected chi connectivity index (χ1v) is 8.82. The molecule has 0 aliphatic carbocycles. The first kappa shape index (κ1) is 15.1. The number of thiazole rings is 1. The minimum Gasteiger partial charge on any atom is -0.327 e. The van der Waals surface area contributed by atoms with E-state index in [0.29, 0.717) is 22.0 Å². The maximum Gasteiger partial charge on any atom is 0.272 e. The minimum absolute atomic E-state index is 0.116. The molecule has 0 bridgehead atoms. The summed E-state index contributed by atoms with van der Waals surface area (Å²) >= 11 is 2.99. The van der Waals surface area contributed by atoms with Gasteiger partial charge in [-0.05, 0) is 12.1 Å². The Morgan fingerprint density at radius 2 is 2.05 bits per heavy atom. The summed E-state index contributed by atoms with van der Waals surface area (Å²) in [7, 11) is 1.85. The van der Waals surface area contributed by atoms with Crippen LogP contribution >= 0.6 is 23.1 Å². The monoisotopic (exact) mass is 333 g/mol. The first-order chi connectivity index (χ1) is 10.7. The molecule has 1 fully saturated rings. The number of aryl methyl sites for hydroxylation is 1. The number of benzene rings is 1. The molecule has 1 aromatic carbocycles. The van der Waals surface area contributed by atoms with E-state index in [1.165, 1.54) is 11.3 Å². The summed E-state index contributed by atoms with van der Waals surface area (Å²) in [5.41, 5.74) is 0.601. The zero-order valence-corrected chi connectivity index (χ0v) is 13.6. The van der Waals surface area contributed by atoms with Crippen molar-refractivity contribution in [2.45, 2.75) is 6.04 Å². The summed E-state index contributed by atoms with van der Waals surface area (Å²) < 4.78 is 1.80. The van der Waals surface area contributed by atoms with Crippen molar-refractivity contribution in [1.29, 1.82) is 0 Å². The van der Waals surface area contributed by atoms with Crippen molar-refractivity contribution in [3.8, 4) is 0 Å². The Labute approximate surface area is 136 Å². The fourth-order valence-corrected chi connectivity index (χ4v) is 4.08. The summed E-state index contributed by atoms with van der Waals surface area (Å²) in [5.74, 6) is 0.744. The molecule has 22 heavy (non-hydrogen) atoms. The third kappa shape index (κ3) is 3.00. The van der Waals surface area contributed by atoms with E-state index < -0.39 is 6.04 Å². The molecule has 1 atom stereocenters. The zero-order valence-electron chi connectivity index (χ0n) is 12.0. The molecule has 3 rings (SSSR count). The van der Waals surface area contributed by atoms with Gasteiger partial charge in [0.1, 0.15) is 6.04 Å². The van der Waals surface area contributed by atoms with Crippen LogP contribution in [0.3, 0.4) is 0 Å². The van der Waals surface area contributed by atoms with E-state index in [4.69, 9.17) is 0 Å². The quantitative estimate of drug-likeness (QED) is 0.841. The van der Waals surface area contributed by atoms with E-state index >= 15 is 0 Å². The molecule has 1 aromatic heterocycles. The van der Waals surface area contributed by atoms with Crippen molar-refractivity contribution in [2.24, 2.45) is 12.0 Å². The van der Waals surface area contributed by atoms with Crippen LogP contribution in [0.25, 0.3) is 0 Å². The molecule has 1 aliphatic rings. The van der Waals surface area contributed by atoms with Gasteiger partial charge in [-0.15, -0.1) is 23.1 Å². The number of carbonyl (C=O) groups excluding carboxylic acids is 2. The molecule has 1 unspecified atom stereocenters. The third-order valence-electron chi connectivity index (χ3n) is 3.41. The molecule has 114 valence electrons. The highest BCUT2D eigenvalue weighted by molar-refractivity contribution is 7.99. The maximum atomic E-state index is 12.5. The largest absolute Gasteiger partial charge is 0.327 e. The van der Waals surface area contributed by atoms with Gasteiger partial charge in [0.05, 0.1) is 5.88 Å². The highest BCUT2D eigenvalue weighted by Gasteiger charge is 2.35. The number of amides is 2. The normalized spacial score (nSPS) is 18.7.